The van der Waals surface area contributed by atoms with Crippen molar-refractivity contribution in [1.29, 1.82) is 0 Å². The molecule has 2 amide bonds. The molecule has 0 saturated carbocycles. The average molecular weight is 538 g/mol. The maximum Gasteiger partial charge on any atom is 0.313 e. The highest BCUT2D eigenvalue weighted by Crippen LogP contribution is 2.57. The Balaban J connectivity index is 1.56. The number of carbonyl (C=O) groups excluding carboxylic acids is 3. The maximum atomic E-state index is 14.4. The van der Waals surface area contributed by atoms with Crippen LogP contribution in [0, 0.1) is 11.8 Å². The Morgan fingerprint density at radius 3 is 2.44 bits per heavy atom. The van der Waals surface area contributed by atoms with E-state index in [0.717, 1.165) is 24.5 Å². The highest BCUT2D eigenvalue weighted by molar-refractivity contribution is 6.05. The van der Waals surface area contributed by atoms with Crippen molar-refractivity contribution < 1.29 is 29.0 Å². The summed E-state index contributed by atoms with van der Waals surface area (Å²) in [7, 11) is 0. The van der Waals surface area contributed by atoms with E-state index >= 15 is 0 Å². The van der Waals surface area contributed by atoms with Gasteiger partial charge in [0.2, 0.25) is 5.91 Å². The van der Waals surface area contributed by atoms with Crippen LogP contribution in [0.25, 0.3) is 0 Å². The van der Waals surface area contributed by atoms with Gasteiger partial charge in [0.1, 0.15) is 17.6 Å². The molecule has 39 heavy (non-hydrogen) atoms. The molecule has 5 rings (SSSR count). The van der Waals surface area contributed by atoms with Gasteiger partial charge in [-0.3, -0.25) is 14.4 Å². The van der Waals surface area contributed by atoms with E-state index in [0.29, 0.717) is 25.8 Å². The summed E-state index contributed by atoms with van der Waals surface area (Å²) in [4.78, 5) is 47.3. The monoisotopic (exact) mass is 537 g/mol. The van der Waals surface area contributed by atoms with Crippen LogP contribution >= 0.6 is 0 Å². The molecule has 2 fully saturated rings. The zero-order valence-corrected chi connectivity index (χ0v) is 23.0. The number of cyclic esters (lactones) is 1. The number of hydrogen-bond donors (Lipinski definition) is 1. The van der Waals surface area contributed by atoms with E-state index < -0.39 is 35.0 Å². The molecular formula is C30H39N3O6. The predicted octanol–water partition coefficient (Wildman–Crippen LogP) is 2.68. The molecule has 4 aliphatic rings. The molecule has 1 aromatic carbocycles. The van der Waals surface area contributed by atoms with E-state index in [1.54, 1.807) is 16.7 Å². The first kappa shape index (κ1) is 27.4. The first-order valence-electron chi connectivity index (χ1n) is 14.1. The molecule has 210 valence electrons. The third kappa shape index (κ3) is 4.45. The SMILES string of the molecule is CCN(CC)c1ccc(N2CC=C[C@]34O[C@]5(C)C=CCCOC(=O)[C@@H]5[C@H]3C(=O)N(CCCCO)C4C2=O)cc1. The molecule has 5 atom stereocenters. The van der Waals surface area contributed by atoms with Crippen LogP contribution in [-0.2, 0) is 23.9 Å². The van der Waals surface area contributed by atoms with Crippen molar-refractivity contribution in [3.05, 3.63) is 48.6 Å². The fourth-order valence-electron chi connectivity index (χ4n) is 6.79. The third-order valence-electron chi connectivity index (χ3n) is 8.62. The second kappa shape index (κ2) is 10.8. The summed E-state index contributed by atoms with van der Waals surface area (Å²) in [6, 6.07) is 6.95. The van der Waals surface area contributed by atoms with E-state index in [9.17, 15) is 19.5 Å². The van der Waals surface area contributed by atoms with Crippen molar-refractivity contribution in [2.75, 3.05) is 49.2 Å². The van der Waals surface area contributed by atoms with Crippen LogP contribution in [0.1, 0.15) is 40.0 Å². The van der Waals surface area contributed by atoms with Crippen molar-refractivity contribution in [2.24, 2.45) is 11.8 Å². The first-order valence-corrected chi connectivity index (χ1v) is 14.1. The average Bonchev–Trinajstić information content (AvgIpc) is 3.23. The number of unbranched alkanes of at least 4 members (excludes halogenated alkanes) is 1. The summed E-state index contributed by atoms with van der Waals surface area (Å²) in [5, 5.41) is 9.38. The molecule has 0 bridgehead atoms. The fraction of sp³-hybridized carbons (Fsp3) is 0.567. The van der Waals surface area contributed by atoms with Gasteiger partial charge in [-0.1, -0.05) is 24.3 Å². The Morgan fingerprint density at radius 2 is 1.74 bits per heavy atom. The molecule has 1 spiro atoms. The van der Waals surface area contributed by atoms with Crippen molar-refractivity contribution >= 4 is 29.2 Å². The molecule has 0 aliphatic carbocycles. The van der Waals surface area contributed by atoms with E-state index in [1.807, 2.05) is 48.6 Å². The number of fused-ring (bicyclic) bond motifs is 2. The number of amides is 2. The van der Waals surface area contributed by atoms with Gasteiger partial charge in [-0.05, 0) is 64.3 Å². The van der Waals surface area contributed by atoms with E-state index in [2.05, 4.69) is 18.7 Å². The van der Waals surface area contributed by atoms with Crippen LogP contribution in [0.2, 0.25) is 0 Å². The van der Waals surface area contributed by atoms with Gasteiger partial charge in [0, 0.05) is 44.2 Å². The Labute approximate surface area is 230 Å². The second-order valence-corrected chi connectivity index (χ2v) is 10.9. The number of ether oxygens (including phenoxy) is 2. The lowest BCUT2D eigenvalue weighted by Crippen LogP contribution is -2.56. The zero-order chi connectivity index (χ0) is 27.8. The van der Waals surface area contributed by atoms with Gasteiger partial charge in [0.25, 0.3) is 5.91 Å². The number of benzene rings is 1. The lowest BCUT2D eigenvalue weighted by molar-refractivity contribution is -0.159. The van der Waals surface area contributed by atoms with Gasteiger partial charge in [-0.2, -0.15) is 0 Å². The van der Waals surface area contributed by atoms with Crippen molar-refractivity contribution in [3.63, 3.8) is 0 Å². The molecule has 2 saturated heterocycles. The molecule has 1 unspecified atom stereocenters. The molecule has 9 nitrogen and oxygen atoms in total. The van der Waals surface area contributed by atoms with Gasteiger partial charge in [-0.25, -0.2) is 0 Å². The standard InChI is InChI=1S/C30H39N3O6/c1-4-31(5-2)21-11-13-22(14-12-21)32-18-10-16-30-23(24-28(37)38-20-9-6-15-29(24,3)39-30)26(35)33(17-7-8-19-34)25(30)27(32)36/h6,10-16,23-25,34H,4-5,7-9,17-20H2,1-3H3/t23-,24-,25?,29+,30-/m0/s1. The molecule has 0 aromatic heterocycles. The molecule has 4 heterocycles. The van der Waals surface area contributed by atoms with Crippen molar-refractivity contribution in [1.82, 2.24) is 4.90 Å². The normalized spacial score (nSPS) is 31.8. The number of anilines is 2. The lowest BCUT2D eigenvalue weighted by Gasteiger charge is -2.37. The molecule has 4 aliphatic heterocycles. The highest BCUT2D eigenvalue weighted by Gasteiger charge is 2.74. The third-order valence-corrected chi connectivity index (χ3v) is 8.62. The molecular weight excluding hydrogens is 498 g/mol. The smallest absolute Gasteiger partial charge is 0.313 e. The summed E-state index contributed by atoms with van der Waals surface area (Å²) in [5.74, 6) is -2.76. The topological polar surface area (TPSA) is 99.6 Å². The van der Waals surface area contributed by atoms with E-state index in [4.69, 9.17) is 9.47 Å². The second-order valence-electron chi connectivity index (χ2n) is 10.9. The van der Waals surface area contributed by atoms with Crippen LogP contribution in [0.5, 0.6) is 0 Å². The molecule has 1 N–H and O–H groups in total. The largest absolute Gasteiger partial charge is 0.465 e. The summed E-state index contributed by atoms with van der Waals surface area (Å²) < 4.78 is 12.3. The highest BCUT2D eigenvalue weighted by atomic mass is 16.6. The number of rotatable bonds is 8. The molecule has 0 radical (unpaired) electrons. The van der Waals surface area contributed by atoms with Gasteiger partial charge in [0.15, 0.2) is 0 Å². The van der Waals surface area contributed by atoms with E-state index in [-0.39, 0.29) is 31.6 Å². The lowest BCUT2D eigenvalue weighted by atomic mass is 9.74. The number of aliphatic hydroxyl groups is 1. The molecule has 1 aromatic rings. The maximum absolute atomic E-state index is 14.4. The molecule has 9 heteroatoms. The minimum absolute atomic E-state index is 0.00551. The van der Waals surface area contributed by atoms with Crippen molar-refractivity contribution in [3.8, 4) is 0 Å². The van der Waals surface area contributed by atoms with Crippen molar-refractivity contribution in [2.45, 2.75) is 57.3 Å². The summed E-state index contributed by atoms with van der Waals surface area (Å²) in [6.45, 7) is 8.62. The van der Waals surface area contributed by atoms with Gasteiger partial charge in [-0.15, -0.1) is 0 Å². The summed E-state index contributed by atoms with van der Waals surface area (Å²) in [6.07, 6.45) is 9.09. The van der Waals surface area contributed by atoms with Gasteiger partial charge in [0.05, 0.1) is 18.1 Å². The number of esters is 1. The fourth-order valence-corrected chi connectivity index (χ4v) is 6.79. The Kier molecular flexibility index (Phi) is 7.57. The number of hydrogen-bond acceptors (Lipinski definition) is 7. The quantitative estimate of drug-likeness (QED) is 0.309. The first-order chi connectivity index (χ1) is 18.8. The number of likely N-dealkylation sites (tertiary alicyclic amines) is 1. The summed E-state index contributed by atoms with van der Waals surface area (Å²) in [5.41, 5.74) is -0.582. The summed E-state index contributed by atoms with van der Waals surface area (Å²) >= 11 is 0. The van der Waals surface area contributed by atoms with Gasteiger partial charge >= 0.3 is 5.97 Å². The number of aliphatic hydroxyl groups excluding tert-OH is 1. The number of carbonyl (C=O) groups is 3. The van der Waals surface area contributed by atoms with Crippen LogP contribution in [0.4, 0.5) is 11.4 Å². The van der Waals surface area contributed by atoms with Crippen LogP contribution < -0.4 is 9.80 Å². The Bertz CT molecular complexity index is 1160. The Morgan fingerprint density at radius 1 is 1.00 bits per heavy atom. The minimum Gasteiger partial charge on any atom is -0.465 e. The van der Waals surface area contributed by atoms with Crippen LogP contribution in [0.15, 0.2) is 48.6 Å². The van der Waals surface area contributed by atoms with Crippen LogP contribution in [0.3, 0.4) is 0 Å². The van der Waals surface area contributed by atoms with Gasteiger partial charge < -0.3 is 29.3 Å². The number of nitrogens with zero attached hydrogens (tertiary/aromatic N) is 3. The van der Waals surface area contributed by atoms with Crippen LogP contribution in [-0.4, -0.2) is 84.4 Å². The predicted molar refractivity (Wildman–Crippen MR) is 147 cm³/mol. The zero-order valence-electron chi connectivity index (χ0n) is 23.0. The minimum atomic E-state index is -1.31. The van der Waals surface area contributed by atoms with E-state index in [1.165, 1.54) is 0 Å². The Hall–Kier alpha value is -3.17.